The predicted octanol–water partition coefficient (Wildman–Crippen LogP) is 4.19. The molecule has 3 aromatic rings. The van der Waals surface area contributed by atoms with Crippen LogP contribution in [0.25, 0.3) is 0 Å². The molecule has 0 radical (unpaired) electrons. The summed E-state index contributed by atoms with van der Waals surface area (Å²) in [4.78, 5) is 28.0. The molecule has 1 saturated carbocycles. The van der Waals surface area contributed by atoms with Gasteiger partial charge in [-0.2, -0.15) is 4.98 Å². The van der Waals surface area contributed by atoms with Crippen LogP contribution in [0, 0.1) is 18.7 Å². The van der Waals surface area contributed by atoms with Gasteiger partial charge in [0, 0.05) is 44.6 Å². The van der Waals surface area contributed by atoms with E-state index in [2.05, 4.69) is 25.6 Å². The van der Waals surface area contributed by atoms with Gasteiger partial charge in [0.25, 0.3) is 5.91 Å². The standard InChI is InChI=1S/C25H29FN6O2/c1-16-14-29-25(31-22(16)32(2)3)30-19-9-6-17(13-19)15-28-23(33)21-5-4-12-27-24(21)34-20-10-7-18(26)8-11-20/h4-5,7-8,10-12,14,17,19H,6,9,13,15H2,1-3H3,(H,28,33)(H,29,30,31)/t17-,19+/m1/s1. The number of hydrogen-bond donors (Lipinski definition) is 2. The van der Waals surface area contributed by atoms with Gasteiger partial charge in [0.2, 0.25) is 11.8 Å². The van der Waals surface area contributed by atoms with Crippen LogP contribution in [0.5, 0.6) is 11.6 Å². The Morgan fingerprint density at radius 1 is 1.18 bits per heavy atom. The molecular weight excluding hydrogens is 435 g/mol. The Kier molecular flexibility index (Phi) is 7.20. The summed E-state index contributed by atoms with van der Waals surface area (Å²) in [6.45, 7) is 2.55. The van der Waals surface area contributed by atoms with E-state index in [1.165, 1.54) is 24.3 Å². The summed E-state index contributed by atoms with van der Waals surface area (Å²) in [5.74, 6) is 1.86. The highest BCUT2D eigenvalue weighted by molar-refractivity contribution is 5.96. The van der Waals surface area contributed by atoms with Gasteiger partial charge in [-0.25, -0.2) is 14.4 Å². The van der Waals surface area contributed by atoms with Crippen molar-refractivity contribution in [1.29, 1.82) is 0 Å². The summed E-state index contributed by atoms with van der Waals surface area (Å²) in [5, 5.41) is 6.44. The van der Waals surface area contributed by atoms with Crippen molar-refractivity contribution in [2.24, 2.45) is 5.92 Å². The minimum absolute atomic E-state index is 0.186. The van der Waals surface area contributed by atoms with Crippen molar-refractivity contribution in [3.8, 4) is 11.6 Å². The number of aromatic nitrogens is 3. The van der Waals surface area contributed by atoms with Crippen molar-refractivity contribution in [2.45, 2.75) is 32.2 Å². The summed E-state index contributed by atoms with van der Waals surface area (Å²) >= 11 is 0. The number of nitrogens with zero attached hydrogens (tertiary/aromatic N) is 4. The molecule has 1 aliphatic carbocycles. The van der Waals surface area contributed by atoms with Crippen molar-refractivity contribution in [3.63, 3.8) is 0 Å². The highest BCUT2D eigenvalue weighted by Gasteiger charge is 2.26. The molecule has 2 aromatic heterocycles. The number of benzene rings is 1. The number of pyridine rings is 1. The number of carbonyl (C=O) groups is 1. The van der Waals surface area contributed by atoms with E-state index < -0.39 is 0 Å². The summed E-state index contributed by atoms with van der Waals surface area (Å²) in [7, 11) is 3.93. The molecule has 2 N–H and O–H groups in total. The Morgan fingerprint density at radius 2 is 1.97 bits per heavy atom. The number of anilines is 2. The third kappa shape index (κ3) is 5.78. The molecule has 0 aliphatic heterocycles. The normalized spacial score (nSPS) is 17.3. The quantitative estimate of drug-likeness (QED) is 0.516. The fraction of sp³-hybridized carbons (Fsp3) is 0.360. The van der Waals surface area contributed by atoms with Crippen LogP contribution in [0.15, 0.2) is 48.8 Å². The SMILES string of the molecule is Cc1cnc(N[C@H]2CC[C@@H](CNC(=O)c3cccnc3Oc3ccc(F)cc3)C2)nc1N(C)C. The summed E-state index contributed by atoms with van der Waals surface area (Å²) in [5.41, 5.74) is 1.37. The molecular formula is C25H29FN6O2. The Hall–Kier alpha value is -3.75. The van der Waals surface area contributed by atoms with Crippen LogP contribution in [0.1, 0.15) is 35.2 Å². The molecule has 0 spiro atoms. The molecule has 34 heavy (non-hydrogen) atoms. The molecule has 2 atom stereocenters. The average Bonchev–Trinajstić information content (AvgIpc) is 3.27. The van der Waals surface area contributed by atoms with Crippen LogP contribution < -0.4 is 20.3 Å². The Morgan fingerprint density at radius 3 is 2.74 bits per heavy atom. The largest absolute Gasteiger partial charge is 0.438 e. The highest BCUT2D eigenvalue weighted by atomic mass is 19.1. The van der Waals surface area contributed by atoms with Gasteiger partial charge in [-0.1, -0.05) is 0 Å². The number of amides is 1. The molecule has 178 valence electrons. The van der Waals surface area contributed by atoms with Gasteiger partial charge < -0.3 is 20.3 Å². The molecule has 2 heterocycles. The van der Waals surface area contributed by atoms with Gasteiger partial charge in [0.05, 0.1) is 0 Å². The molecule has 1 aromatic carbocycles. The third-order valence-corrected chi connectivity index (χ3v) is 5.84. The van der Waals surface area contributed by atoms with E-state index in [0.29, 0.717) is 29.7 Å². The molecule has 4 rings (SSSR count). The van der Waals surface area contributed by atoms with Crippen LogP contribution in [0.4, 0.5) is 16.2 Å². The second-order valence-corrected chi connectivity index (χ2v) is 8.74. The smallest absolute Gasteiger partial charge is 0.256 e. The zero-order chi connectivity index (χ0) is 24.1. The zero-order valence-corrected chi connectivity index (χ0v) is 19.6. The van der Waals surface area contributed by atoms with Gasteiger partial charge in [-0.15, -0.1) is 0 Å². The number of hydrogen-bond acceptors (Lipinski definition) is 7. The highest BCUT2D eigenvalue weighted by Crippen LogP contribution is 2.28. The first-order valence-corrected chi connectivity index (χ1v) is 11.3. The first-order chi connectivity index (χ1) is 16.4. The van der Waals surface area contributed by atoms with Gasteiger partial charge in [-0.05, 0) is 68.5 Å². The maximum Gasteiger partial charge on any atom is 0.256 e. The number of nitrogens with one attached hydrogen (secondary N) is 2. The Bertz CT molecular complexity index is 1140. The van der Waals surface area contributed by atoms with Gasteiger partial charge >= 0.3 is 0 Å². The first kappa shape index (κ1) is 23.4. The first-order valence-electron chi connectivity index (χ1n) is 11.3. The molecule has 9 heteroatoms. The van der Waals surface area contributed by atoms with E-state index in [1.807, 2.05) is 32.1 Å². The Labute approximate surface area is 198 Å². The van der Waals surface area contributed by atoms with E-state index in [1.54, 1.807) is 18.3 Å². The average molecular weight is 465 g/mol. The maximum atomic E-state index is 13.1. The summed E-state index contributed by atoms with van der Waals surface area (Å²) in [6.07, 6.45) is 6.28. The third-order valence-electron chi connectivity index (χ3n) is 5.84. The lowest BCUT2D eigenvalue weighted by Crippen LogP contribution is -2.29. The predicted molar refractivity (Wildman–Crippen MR) is 129 cm³/mol. The van der Waals surface area contributed by atoms with E-state index in [9.17, 15) is 9.18 Å². The number of ether oxygens (including phenoxy) is 1. The van der Waals surface area contributed by atoms with Crippen molar-refractivity contribution < 1.29 is 13.9 Å². The number of carbonyl (C=O) groups excluding carboxylic acids is 1. The van der Waals surface area contributed by atoms with Gasteiger partial charge in [-0.3, -0.25) is 4.79 Å². The minimum Gasteiger partial charge on any atom is -0.438 e. The van der Waals surface area contributed by atoms with Crippen molar-refractivity contribution in [2.75, 3.05) is 30.9 Å². The Balaban J connectivity index is 1.31. The number of aryl methyl sites for hydroxylation is 1. The van der Waals surface area contributed by atoms with Crippen molar-refractivity contribution >= 4 is 17.7 Å². The van der Waals surface area contributed by atoms with Crippen LogP contribution >= 0.6 is 0 Å². The van der Waals surface area contributed by atoms with Gasteiger partial charge in [0.1, 0.15) is 22.9 Å². The van der Waals surface area contributed by atoms with Crippen molar-refractivity contribution in [1.82, 2.24) is 20.3 Å². The zero-order valence-electron chi connectivity index (χ0n) is 19.6. The second kappa shape index (κ2) is 10.5. The molecule has 1 aliphatic rings. The number of halogens is 1. The molecule has 1 amide bonds. The van der Waals surface area contributed by atoms with Crippen molar-refractivity contribution in [3.05, 3.63) is 65.7 Å². The monoisotopic (exact) mass is 464 g/mol. The van der Waals surface area contributed by atoms with Crippen LogP contribution in [0.3, 0.4) is 0 Å². The van der Waals surface area contributed by atoms with E-state index >= 15 is 0 Å². The molecule has 0 unspecified atom stereocenters. The lowest BCUT2D eigenvalue weighted by Gasteiger charge is -2.18. The minimum atomic E-state index is -0.359. The van der Waals surface area contributed by atoms with Crippen LogP contribution in [-0.4, -0.2) is 47.5 Å². The summed E-state index contributed by atoms with van der Waals surface area (Å²) < 4.78 is 18.9. The lowest BCUT2D eigenvalue weighted by atomic mass is 10.1. The van der Waals surface area contributed by atoms with Gasteiger partial charge in [0.15, 0.2) is 0 Å². The molecule has 0 saturated heterocycles. The molecule has 0 bridgehead atoms. The molecule has 1 fully saturated rings. The summed E-state index contributed by atoms with van der Waals surface area (Å²) in [6, 6.07) is 9.20. The van der Waals surface area contributed by atoms with E-state index in [4.69, 9.17) is 4.74 Å². The van der Waals surface area contributed by atoms with Crippen LogP contribution in [-0.2, 0) is 0 Å². The van der Waals surface area contributed by atoms with E-state index in [0.717, 1.165) is 30.6 Å². The number of rotatable bonds is 8. The van der Waals surface area contributed by atoms with E-state index in [-0.39, 0.29) is 23.6 Å². The second-order valence-electron chi connectivity index (χ2n) is 8.74. The fourth-order valence-corrected chi connectivity index (χ4v) is 4.12. The molecule has 8 nitrogen and oxygen atoms in total. The topological polar surface area (TPSA) is 92.3 Å². The lowest BCUT2D eigenvalue weighted by molar-refractivity contribution is 0.0944. The maximum absolute atomic E-state index is 13.1. The fourth-order valence-electron chi connectivity index (χ4n) is 4.12. The van der Waals surface area contributed by atoms with Crippen LogP contribution in [0.2, 0.25) is 0 Å².